The molecule has 7 heteroatoms. The highest BCUT2D eigenvalue weighted by atomic mass is 19.3. The Morgan fingerprint density at radius 1 is 1.10 bits per heavy atom. The van der Waals surface area contributed by atoms with Gasteiger partial charge in [0, 0.05) is 0 Å². The van der Waals surface area contributed by atoms with E-state index in [1.54, 1.807) is 0 Å². The van der Waals surface area contributed by atoms with Gasteiger partial charge in [0.1, 0.15) is 5.75 Å². The van der Waals surface area contributed by atoms with Crippen LogP contribution in [0.3, 0.4) is 0 Å². The number of alkyl halides is 2. The summed E-state index contributed by atoms with van der Waals surface area (Å²) >= 11 is 0. The number of hydrogen-bond donors (Lipinski definition) is 0. The lowest BCUT2D eigenvalue weighted by Crippen LogP contribution is -2.08. The number of methoxy groups -OCH3 is 1. The molecule has 1 aromatic heterocycles. The van der Waals surface area contributed by atoms with Gasteiger partial charge in [-0.05, 0) is 24.3 Å². The van der Waals surface area contributed by atoms with Gasteiger partial charge in [0.25, 0.3) is 0 Å². The number of hydrogen-bond acceptors (Lipinski definition) is 5. The van der Waals surface area contributed by atoms with E-state index in [0.717, 1.165) is 7.11 Å². The van der Waals surface area contributed by atoms with Crippen LogP contribution in [0.25, 0.3) is 0 Å². The summed E-state index contributed by atoms with van der Waals surface area (Å²) in [5.41, 5.74) is -0.0939. The first-order chi connectivity index (χ1) is 10.0. The molecule has 110 valence electrons. The predicted molar refractivity (Wildman–Crippen MR) is 66.6 cm³/mol. The van der Waals surface area contributed by atoms with E-state index in [0.29, 0.717) is 0 Å². The molecule has 2 aromatic rings. The molecule has 0 aliphatic carbocycles. The molecule has 0 amide bonds. The molecule has 0 radical (unpaired) electrons. The summed E-state index contributed by atoms with van der Waals surface area (Å²) in [5, 5.41) is 0. The summed E-state index contributed by atoms with van der Waals surface area (Å²) in [6.07, 6.45) is 0. The zero-order valence-electron chi connectivity index (χ0n) is 10.8. The second-order valence-corrected chi connectivity index (χ2v) is 3.86. The smallest absolute Gasteiger partial charge is 0.387 e. The van der Waals surface area contributed by atoms with Gasteiger partial charge >= 0.3 is 12.6 Å². The molecule has 0 aliphatic rings. The van der Waals surface area contributed by atoms with E-state index in [-0.39, 0.29) is 22.8 Å². The van der Waals surface area contributed by atoms with Crippen molar-refractivity contribution in [1.29, 1.82) is 0 Å². The minimum Gasteiger partial charge on any atom is -0.463 e. The molecule has 0 spiro atoms. The molecule has 21 heavy (non-hydrogen) atoms. The third-order valence-electron chi connectivity index (χ3n) is 2.56. The molecule has 0 saturated heterocycles. The number of para-hydroxylation sites is 1. The van der Waals surface area contributed by atoms with E-state index in [1.165, 1.54) is 36.4 Å². The first kappa shape index (κ1) is 14.7. The van der Waals surface area contributed by atoms with Crippen molar-refractivity contribution in [3.63, 3.8) is 0 Å². The van der Waals surface area contributed by atoms with Crippen molar-refractivity contribution in [2.45, 2.75) is 6.61 Å². The maximum Gasteiger partial charge on any atom is 0.387 e. The molecule has 5 nitrogen and oxygen atoms in total. The Labute approximate surface area is 118 Å². The first-order valence-corrected chi connectivity index (χ1v) is 5.79. The van der Waals surface area contributed by atoms with Crippen LogP contribution < -0.4 is 4.74 Å². The minimum atomic E-state index is -3.05. The summed E-state index contributed by atoms with van der Waals surface area (Å²) in [6.45, 7) is -3.05. The maximum atomic E-state index is 12.3. The van der Waals surface area contributed by atoms with Crippen LogP contribution in [0.5, 0.6) is 5.75 Å². The highest BCUT2D eigenvalue weighted by Gasteiger charge is 2.21. The number of furan rings is 1. The van der Waals surface area contributed by atoms with Crippen molar-refractivity contribution in [2.24, 2.45) is 0 Å². The van der Waals surface area contributed by atoms with Gasteiger partial charge in [0.2, 0.25) is 11.5 Å². The molecular weight excluding hydrogens is 286 g/mol. The third kappa shape index (κ3) is 3.25. The van der Waals surface area contributed by atoms with Crippen LogP contribution >= 0.6 is 0 Å². The number of carbonyl (C=O) groups is 2. The molecule has 0 bridgehead atoms. The van der Waals surface area contributed by atoms with Crippen LogP contribution in [-0.4, -0.2) is 25.5 Å². The highest BCUT2D eigenvalue weighted by molar-refractivity contribution is 6.09. The Bertz CT molecular complexity index is 663. The molecule has 2 rings (SSSR count). The van der Waals surface area contributed by atoms with Gasteiger partial charge in [-0.3, -0.25) is 4.79 Å². The van der Waals surface area contributed by atoms with Crippen LogP contribution in [0.2, 0.25) is 0 Å². The lowest BCUT2D eigenvalue weighted by atomic mass is 10.1. The van der Waals surface area contributed by atoms with Crippen LogP contribution in [0.15, 0.2) is 40.8 Å². The summed E-state index contributed by atoms with van der Waals surface area (Å²) < 4.78 is 38.4. The Morgan fingerprint density at radius 3 is 2.43 bits per heavy atom. The lowest BCUT2D eigenvalue weighted by Gasteiger charge is -2.08. The predicted octanol–water partition coefficient (Wildman–Crippen LogP) is 2.90. The van der Waals surface area contributed by atoms with E-state index in [4.69, 9.17) is 4.42 Å². The fourth-order valence-electron chi connectivity index (χ4n) is 1.66. The van der Waals surface area contributed by atoms with Crippen molar-refractivity contribution < 1.29 is 32.3 Å². The second kappa shape index (κ2) is 6.17. The van der Waals surface area contributed by atoms with Crippen LogP contribution in [0, 0.1) is 0 Å². The summed E-state index contributed by atoms with van der Waals surface area (Å²) in [7, 11) is 1.16. The summed E-state index contributed by atoms with van der Waals surface area (Å²) in [5.74, 6) is -2.03. The number of benzene rings is 1. The van der Waals surface area contributed by atoms with Crippen molar-refractivity contribution in [1.82, 2.24) is 0 Å². The quantitative estimate of drug-likeness (QED) is 0.627. The third-order valence-corrected chi connectivity index (χ3v) is 2.56. The van der Waals surface area contributed by atoms with E-state index >= 15 is 0 Å². The summed E-state index contributed by atoms with van der Waals surface area (Å²) in [6, 6.07) is 8.03. The van der Waals surface area contributed by atoms with Crippen LogP contribution in [-0.2, 0) is 4.74 Å². The largest absolute Gasteiger partial charge is 0.463 e. The van der Waals surface area contributed by atoms with Gasteiger partial charge in [0.05, 0.1) is 12.7 Å². The van der Waals surface area contributed by atoms with E-state index < -0.39 is 18.4 Å². The Kier molecular flexibility index (Phi) is 4.32. The van der Waals surface area contributed by atoms with E-state index in [9.17, 15) is 18.4 Å². The molecule has 0 aliphatic heterocycles. The molecule has 0 N–H and O–H groups in total. The van der Waals surface area contributed by atoms with Gasteiger partial charge in [-0.15, -0.1) is 0 Å². The molecule has 0 unspecified atom stereocenters. The topological polar surface area (TPSA) is 65.7 Å². The van der Waals surface area contributed by atoms with Crippen molar-refractivity contribution >= 4 is 11.8 Å². The number of carbonyl (C=O) groups excluding carboxylic acids is 2. The zero-order chi connectivity index (χ0) is 15.4. The van der Waals surface area contributed by atoms with Crippen molar-refractivity contribution in [3.05, 3.63) is 53.5 Å². The molecular formula is C14H10F2O5. The van der Waals surface area contributed by atoms with Crippen LogP contribution in [0.1, 0.15) is 26.7 Å². The van der Waals surface area contributed by atoms with E-state index in [1.807, 2.05) is 0 Å². The average Bonchev–Trinajstić information content (AvgIpc) is 2.95. The lowest BCUT2D eigenvalue weighted by molar-refractivity contribution is -0.0501. The Hall–Kier alpha value is -2.70. The molecule has 0 atom stereocenters. The second-order valence-electron chi connectivity index (χ2n) is 3.86. The standard InChI is InChI=1S/C14H10F2O5/c1-19-13(18)11-7-6-10(20-11)12(17)8-4-2-3-5-9(8)21-14(15)16/h2-7,14H,1H3. The van der Waals surface area contributed by atoms with Gasteiger partial charge < -0.3 is 13.9 Å². The fraction of sp³-hybridized carbons (Fsp3) is 0.143. The van der Waals surface area contributed by atoms with Gasteiger partial charge in [-0.25, -0.2) is 4.79 Å². The summed E-state index contributed by atoms with van der Waals surface area (Å²) in [4.78, 5) is 23.4. The normalized spacial score (nSPS) is 10.5. The molecule has 1 heterocycles. The number of ether oxygens (including phenoxy) is 2. The first-order valence-electron chi connectivity index (χ1n) is 5.79. The van der Waals surface area contributed by atoms with E-state index in [2.05, 4.69) is 9.47 Å². The fourth-order valence-corrected chi connectivity index (χ4v) is 1.66. The number of halogens is 2. The number of rotatable bonds is 5. The molecule has 1 aromatic carbocycles. The maximum absolute atomic E-state index is 12.3. The van der Waals surface area contributed by atoms with Gasteiger partial charge in [-0.2, -0.15) is 8.78 Å². The van der Waals surface area contributed by atoms with Gasteiger partial charge in [-0.1, -0.05) is 12.1 Å². The van der Waals surface area contributed by atoms with Crippen LogP contribution in [0.4, 0.5) is 8.78 Å². The average molecular weight is 296 g/mol. The zero-order valence-corrected chi connectivity index (χ0v) is 10.8. The molecule has 0 fully saturated rings. The van der Waals surface area contributed by atoms with Gasteiger partial charge in [0.15, 0.2) is 5.76 Å². The van der Waals surface area contributed by atoms with Crippen molar-refractivity contribution in [3.8, 4) is 5.75 Å². The molecule has 0 saturated carbocycles. The van der Waals surface area contributed by atoms with Crippen molar-refractivity contribution in [2.75, 3.05) is 7.11 Å². The minimum absolute atomic E-state index is 0.0939. The Balaban J connectivity index is 2.32. The SMILES string of the molecule is COC(=O)c1ccc(C(=O)c2ccccc2OC(F)F)o1. The monoisotopic (exact) mass is 296 g/mol. The highest BCUT2D eigenvalue weighted by Crippen LogP contribution is 2.24. The number of esters is 1. The number of ketones is 1. The Morgan fingerprint density at radius 2 is 1.76 bits per heavy atom.